The van der Waals surface area contributed by atoms with Gasteiger partial charge < -0.3 is 9.80 Å². The summed E-state index contributed by atoms with van der Waals surface area (Å²) in [5, 5.41) is 29.1. The minimum Gasteiger partial charge on any atom is -0.351 e. The van der Waals surface area contributed by atoms with Crippen LogP contribution in [0.25, 0.3) is 22.0 Å². The zero-order valence-corrected chi connectivity index (χ0v) is 21.5. The summed E-state index contributed by atoms with van der Waals surface area (Å²) in [6.45, 7) is 3.59. The monoisotopic (exact) mass is 526 g/mol. The molecule has 4 aromatic rings. The first-order valence-electron chi connectivity index (χ1n) is 12.0. The molecule has 0 radical (unpaired) electrons. The summed E-state index contributed by atoms with van der Waals surface area (Å²) < 4.78 is 14.3. The first kappa shape index (κ1) is 26.5. The molecular formula is C29H24ClFN6O. The molecule has 1 aliphatic rings. The maximum atomic E-state index is 14.3. The minimum atomic E-state index is -0.539. The highest BCUT2D eigenvalue weighted by Crippen LogP contribution is 2.32. The Kier molecular flexibility index (Phi) is 7.85. The molecule has 7 nitrogen and oxygen atoms in total. The van der Waals surface area contributed by atoms with E-state index in [1.807, 2.05) is 49.4 Å². The first-order chi connectivity index (χ1) is 18.0. The zero-order chi connectivity index (χ0) is 25.9. The highest BCUT2D eigenvalue weighted by Gasteiger charge is 2.29. The van der Waals surface area contributed by atoms with Gasteiger partial charge in [0.05, 0.1) is 29.7 Å². The van der Waals surface area contributed by atoms with Crippen molar-refractivity contribution in [2.75, 3.05) is 24.5 Å². The fraction of sp³-hybridized carbons (Fsp3) is 0.207. The maximum absolute atomic E-state index is 14.3. The van der Waals surface area contributed by atoms with Gasteiger partial charge in [-0.05, 0) is 36.8 Å². The second-order valence-corrected chi connectivity index (χ2v) is 9.08. The van der Waals surface area contributed by atoms with Crippen molar-refractivity contribution in [3.8, 4) is 23.4 Å². The number of nitrogens with zero attached hydrogens (tertiary/aromatic N) is 6. The van der Waals surface area contributed by atoms with E-state index < -0.39 is 5.82 Å². The van der Waals surface area contributed by atoms with E-state index in [1.165, 1.54) is 12.1 Å². The fourth-order valence-corrected chi connectivity index (χ4v) is 4.78. The molecule has 190 valence electrons. The lowest BCUT2D eigenvalue weighted by Crippen LogP contribution is -2.54. The Hall–Kier alpha value is -4.53. The van der Waals surface area contributed by atoms with Crippen LogP contribution in [0.5, 0.6) is 0 Å². The van der Waals surface area contributed by atoms with Crippen molar-refractivity contribution in [1.82, 2.24) is 15.1 Å². The smallest absolute Gasteiger partial charge is 0.227 e. The summed E-state index contributed by atoms with van der Waals surface area (Å²) in [4.78, 5) is 16.9. The SMILES string of the molecule is C[C@H]1CN(c2nnc(-c3ccc(C#N)cc3)c3ccccc23)CCN1C(=O)Cc1ccc(C#N)cc1F.Cl. The van der Waals surface area contributed by atoms with Crippen LogP contribution in [-0.2, 0) is 11.2 Å². The van der Waals surface area contributed by atoms with Crippen LogP contribution < -0.4 is 4.90 Å². The zero-order valence-electron chi connectivity index (χ0n) is 20.6. The predicted molar refractivity (Wildman–Crippen MR) is 145 cm³/mol. The summed E-state index contributed by atoms with van der Waals surface area (Å²) in [6, 6.07) is 23.3. The Balaban J connectivity index is 0.00000336. The number of benzene rings is 3. The van der Waals surface area contributed by atoms with Gasteiger partial charge in [0.1, 0.15) is 11.5 Å². The summed E-state index contributed by atoms with van der Waals surface area (Å²) in [7, 11) is 0. The fourth-order valence-electron chi connectivity index (χ4n) is 4.78. The van der Waals surface area contributed by atoms with Gasteiger partial charge in [0.15, 0.2) is 5.82 Å². The second kappa shape index (κ2) is 11.2. The van der Waals surface area contributed by atoms with Crippen LogP contribution in [0, 0.1) is 28.5 Å². The molecule has 5 rings (SSSR count). The normalized spacial score (nSPS) is 14.9. The number of fused-ring (bicyclic) bond motifs is 1. The van der Waals surface area contributed by atoms with Gasteiger partial charge in [-0.15, -0.1) is 22.6 Å². The number of carbonyl (C=O) groups is 1. The number of nitriles is 2. The summed E-state index contributed by atoms with van der Waals surface area (Å²) in [6.07, 6.45) is -0.0517. The van der Waals surface area contributed by atoms with Crippen LogP contribution in [-0.4, -0.2) is 46.7 Å². The Morgan fingerprint density at radius 3 is 2.32 bits per heavy atom. The van der Waals surface area contributed by atoms with E-state index in [1.54, 1.807) is 17.0 Å². The lowest BCUT2D eigenvalue weighted by atomic mass is 10.0. The molecule has 1 fully saturated rings. The van der Waals surface area contributed by atoms with Crippen LogP contribution in [0.15, 0.2) is 66.7 Å². The summed E-state index contributed by atoms with van der Waals surface area (Å²) in [5.74, 6) is 0.0655. The van der Waals surface area contributed by atoms with E-state index in [0.29, 0.717) is 25.2 Å². The van der Waals surface area contributed by atoms with E-state index in [4.69, 9.17) is 10.5 Å². The number of amides is 1. The Bertz CT molecular complexity index is 1580. The van der Waals surface area contributed by atoms with Crippen molar-refractivity contribution in [3.63, 3.8) is 0 Å². The number of carbonyl (C=O) groups excluding carboxylic acids is 1. The quantitative estimate of drug-likeness (QED) is 0.376. The lowest BCUT2D eigenvalue weighted by Gasteiger charge is -2.40. The number of halogens is 2. The van der Waals surface area contributed by atoms with E-state index >= 15 is 0 Å². The lowest BCUT2D eigenvalue weighted by molar-refractivity contribution is -0.132. The van der Waals surface area contributed by atoms with Gasteiger partial charge in [-0.1, -0.05) is 42.5 Å². The molecule has 9 heteroatoms. The van der Waals surface area contributed by atoms with Gasteiger partial charge in [0.25, 0.3) is 0 Å². The van der Waals surface area contributed by atoms with Gasteiger partial charge in [-0.2, -0.15) is 10.5 Å². The number of aromatic nitrogens is 2. The first-order valence-corrected chi connectivity index (χ1v) is 12.0. The molecule has 0 aliphatic carbocycles. The molecule has 2 heterocycles. The highest BCUT2D eigenvalue weighted by atomic mass is 35.5. The molecular weight excluding hydrogens is 503 g/mol. The molecule has 0 N–H and O–H groups in total. The molecule has 3 aromatic carbocycles. The molecule has 38 heavy (non-hydrogen) atoms. The molecule has 1 atom stereocenters. The molecule has 0 saturated carbocycles. The Morgan fingerprint density at radius 1 is 0.974 bits per heavy atom. The molecule has 0 unspecified atom stereocenters. The molecule has 1 aromatic heterocycles. The number of piperazine rings is 1. The molecule has 1 amide bonds. The largest absolute Gasteiger partial charge is 0.351 e. The maximum Gasteiger partial charge on any atom is 0.227 e. The minimum absolute atomic E-state index is 0. The second-order valence-electron chi connectivity index (χ2n) is 9.08. The third-order valence-electron chi connectivity index (χ3n) is 6.73. The highest BCUT2D eigenvalue weighted by molar-refractivity contribution is 6.00. The summed E-state index contributed by atoms with van der Waals surface area (Å²) >= 11 is 0. The molecule has 0 spiro atoms. The molecule has 1 aliphatic heterocycles. The van der Waals surface area contributed by atoms with Crippen LogP contribution in [0.3, 0.4) is 0 Å². The van der Waals surface area contributed by atoms with Gasteiger partial charge in [-0.25, -0.2) is 4.39 Å². The van der Waals surface area contributed by atoms with Gasteiger partial charge in [0.2, 0.25) is 5.91 Å². The third kappa shape index (κ3) is 5.13. The molecule has 1 saturated heterocycles. The third-order valence-corrected chi connectivity index (χ3v) is 6.73. The standard InChI is InChI=1S/C29H23FN6O.ClH/c1-19-18-35(12-13-36(19)27(37)15-23-11-8-21(17-32)14-26(23)30)29-25-5-3-2-4-24(25)28(33-34-29)22-9-6-20(16-31)7-10-22;/h2-11,14,19H,12-13,15,18H2,1H3;1H/t19-;/m0./s1. The predicted octanol–water partition coefficient (Wildman–Crippen LogP) is 4.88. The van der Waals surface area contributed by atoms with Crippen LogP contribution >= 0.6 is 12.4 Å². The van der Waals surface area contributed by atoms with E-state index in [0.717, 1.165) is 33.9 Å². The van der Waals surface area contributed by atoms with Crippen LogP contribution in [0.2, 0.25) is 0 Å². The van der Waals surface area contributed by atoms with Crippen molar-refractivity contribution >= 4 is 34.9 Å². The number of anilines is 1. The number of rotatable bonds is 4. The van der Waals surface area contributed by atoms with E-state index in [-0.39, 0.29) is 41.9 Å². The van der Waals surface area contributed by atoms with Crippen molar-refractivity contribution in [2.24, 2.45) is 0 Å². The molecule has 0 bridgehead atoms. The Morgan fingerprint density at radius 2 is 1.66 bits per heavy atom. The topological polar surface area (TPSA) is 96.9 Å². The summed E-state index contributed by atoms with van der Waals surface area (Å²) in [5.41, 5.74) is 2.73. The average molecular weight is 527 g/mol. The van der Waals surface area contributed by atoms with E-state index in [9.17, 15) is 9.18 Å². The van der Waals surface area contributed by atoms with Crippen molar-refractivity contribution in [1.29, 1.82) is 10.5 Å². The van der Waals surface area contributed by atoms with Gasteiger partial charge >= 0.3 is 0 Å². The van der Waals surface area contributed by atoms with Crippen molar-refractivity contribution in [3.05, 3.63) is 89.2 Å². The van der Waals surface area contributed by atoms with Crippen LogP contribution in [0.1, 0.15) is 23.6 Å². The Labute approximate surface area is 226 Å². The van der Waals surface area contributed by atoms with Crippen molar-refractivity contribution < 1.29 is 9.18 Å². The van der Waals surface area contributed by atoms with Crippen LogP contribution in [0.4, 0.5) is 10.2 Å². The average Bonchev–Trinajstić information content (AvgIpc) is 2.93. The van der Waals surface area contributed by atoms with E-state index in [2.05, 4.69) is 21.2 Å². The van der Waals surface area contributed by atoms with Gasteiger partial charge in [-0.3, -0.25) is 4.79 Å². The van der Waals surface area contributed by atoms with Gasteiger partial charge in [0, 0.05) is 42.0 Å². The number of hydrogen-bond donors (Lipinski definition) is 0. The number of hydrogen-bond acceptors (Lipinski definition) is 6. The van der Waals surface area contributed by atoms with Crippen molar-refractivity contribution in [2.45, 2.75) is 19.4 Å².